The number of tetrazole rings is 1. The standard InChI is InChI=1S/C20H17F3N6O2S/c1-13-17(18(30)29(27(13)2)15-6-4-3-5-7-15)28-19(24-25-26-28)32-12-14-8-10-16(11-9-14)31-20(21,22)23/h3-11H,12H2,1-2H3. The maximum Gasteiger partial charge on any atom is 0.573 e. The molecule has 0 amide bonds. The molecular formula is C20H17F3N6O2S. The van der Waals surface area contributed by atoms with E-state index in [0.717, 1.165) is 5.56 Å². The molecule has 2 aromatic carbocycles. The molecule has 0 saturated heterocycles. The van der Waals surface area contributed by atoms with Crippen LogP contribution in [0.1, 0.15) is 11.3 Å². The maximum atomic E-state index is 13.2. The SMILES string of the molecule is Cc1c(-n2nnnc2SCc2ccc(OC(F)(F)F)cc2)c(=O)n(-c2ccccc2)n1C. The molecule has 0 saturated carbocycles. The van der Waals surface area contributed by atoms with Crippen molar-refractivity contribution < 1.29 is 17.9 Å². The van der Waals surface area contributed by atoms with Crippen LogP contribution >= 0.6 is 11.8 Å². The summed E-state index contributed by atoms with van der Waals surface area (Å²) in [4.78, 5) is 13.2. The van der Waals surface area contributed by atoms with E-state index in [1.54, 1.807) is 18.7 Å². The lowest BCUT2D eigenvalue weighted by atomic mass is 10.2. The molecule has 0 aliphatic carbocycles. The minimum atomic E-state index is -4.74. The average Bonchev–Trinajstić information content (AvgIpc) is 3.29. The highest BCUT2D eigenvalue weighted by molar-refractivity contribution is 7.98. The number of hydrogen-bond donors (Lipinski definition) is 0. The second kappa shape index (κ2) is 8.54. The van der Waals surface area contributed by atoms with Gasteiger partial charge in [0.2, 0.25) is 5.16 Å². The molecule has 166 valence electrons. The quantitative estimate of drug-likeness (QED) is 0.407. The van der Waals surface area contributed by atoms with Gasteiger partial charge in [-0.2, -0.15) is 4.68 Å². The molecule has 0 atom stereocenters. The first-order valence-corrected chi connectivity index (χ1v) is 10.3. The Bertz CT molecular complexity index is 1280. The van der Waals surface area contributed by atoms with Gasteiger partial charge in [-0.1, -0.05) is 42.1 Å². The van der Waals surface area contributed by atoms with Crippen LogP contribution in [0.3, 0.4) is 0 Å². The van der Waals surface area contributed by atoms with Crippen LogP contribution in [-0.4, -0.2) is 35.9 Å². The largest absolute Gasteiger partial charge is 0.573 e. The summed E-state index contributed by atoms with van der Waals surface area (Å²) in [6, 6.07) is 14.7. The molecular weight excluding hydrogens is 445 g/mol. The first-order valence-electron chi connectivity index (χ1n) is 9.35. The predicted octanol–water partition coefficient (Wildman–Crippen LogP) is 3.65. The van der Waals surface area contributed by atoms with Gasteiger partial charge in [-0.15, -0.1) is 18.3 Å². The van der Waals surface area contributed by atoms with Crippen molar-refractivity contribution in [2.75, 3.05) is 0 Å². The topological polar surface area (TPSA) is 79.8 Å². The molecule has 0 radical (unpaired) electrons. The number of para-hydroxylation sites is 1. The molecule has 2 aromatic heterocycles. The van der Waals surface area contributed by atoms with E-state index in [4.69, 9.17) is 0 Å². The monoisotopic (exact) mass is 462 g/mol. The van der Waals surface area contributed by atoms with E-state index in [2.05, 4.69) is 20.3 Å². The zero-order chi connectivity index (χ0) is 22.9. The Balaban J connectivity index is 1.58. The number of hydrogen-bond acceptors (Lipinski definition) is 6. The summed E-state index contributed by atoms with van der Waals surface area (Å²) in [6.45, 7) is 1.80. The summed E-state index contributed by atoms with van der Waals surface area (Å²) in [5.41, 5.74) is 2.15. The lowest BCUT2D eigenvalue weighted by Gasteiger charge is -2.09. The molecule has 0 N–H and O–H groups in total. The zero-order valence-corrected chi connectivity index (χ0v) is 17.8. The summed E-state index contributed by atoms with van der Waals surface area (Å²) in [7, 11) is 1.77. The number of alkyl halides is 3. The zero-order valence-electron chi connectivity index (χ0n) is 16.9. The lowest BCUT2D eigenvalue weighted by Crippen LogP contribution is -2.22. The van der Waals surface area contributed by atoms with Gasteiger partial charge in [0.25, 0.3) is 5.56 Å². The molecule has 4 aromatic rings. The van der Waals surface area contributed by atoms with Crippen LogP contribution in [0.25, 0.3) is 11.4 Å². The third kappa shape index (κ3) is 4.40. The van der Waals surface area contributed by atoms with Crippen molar-refractivity contribution in [3.8, 4) is 17.1 Å². The fourth-order valence-corrected chi connectivity index (χ4v) is 3.98. The fourth-order valence-electron chi connectivity index (χ4n) is 3.14. The Hall–Kier alpha value is -3.54. The van der Waals surface area contributed by atoms with Crippen molar-refractivity contribution in [1.29, 1.82) is 0 Å². The molecule has 2 heterocycles. The van der Waals surface area contributed by atoms with Crippen LogP contribution in [0.15, 0.2) is 64.5 Å². The summed E-state index contributed by atoms with van der Waals surface area (Å²) in [5, 5.41) is 12.1. The van der Waals surface area contributed by atoms with E-state index in [-0.39, 0.29) is 11.3 Å². The minimum absolute atomic E-state index is 0.279. The number of rotatable bonds is 6. The normalized spacial score (nSPS) is 11.7. The van der Waals surface area contributed by atoms with Gasteiger partial charge in [-0.3, -0.25) is 9.48 Å². The predicted molar refractivity (Wildman–Crippen MR) is 111 cm³/mol. The number of aromatic nitrogens is 6. The average molecular weight is 462 g/mol. The van der Waals surface area contributed by atoms with Crippen molar-refractivity contribution >= 4 is 11.8 Å². The smallest absolute Gasteiger partial charge is 0.406 e. The van der Waals surface area contributed by atoms with Crippen LogP contribution < -0.4 is 10.3 Å². The highest BCUT2D eigenvalue weighted by Crippen LogP contribution is 2.26. The highest BCUT2D eigenvalue weighted by atomic mass is 32.2. The minimum Gasteiger partial charge on any atom is -0.406 e. The number of nitrogens with zero attached hydrogens (tertiary/aromatic N) is 6. The van der Waals surface area contributed by atoms with Crippen molar-refractivity contribution in [3.63, 3.8) is 0 Å². The molecule has 0 unspecified atom stereocenters. The van der Waals surface area contributed by atoms with E-state index in [1.807, 2.05) is 30.3 Å². The molecule has 4 rings (SSSR count). The Morgan fingerprint density at radius 1 is 1.06 bits per heavy atom. The summed E-state index contributed by atoms with van der Waals surface area (Å²) < 4.78 is 45.4. The first kappa shape index (κ1) is 21.7. The molecule has 0 aliphatic heterocycles. The number of halogens is 3. The molecule has 32 heavy (non-hydrogen) atoms. The van der Waals surface area contributed by atoms with Crippen LogP contribution in [0, 0.1) is 6.92 Å². The van der Waals surface area contributed by atoms with Crippen LogP contribution in [-0.2, 0) is 12.8 Å². The summed E-state index contributed by atoms with van der Waals surface area (Å²) in [6.07, 6.45) is -4.74. The van der Waals surface area contributed by atoms with Crippen molar-refractivity contribution in [2.24, 2.45) is 7.05 Å². The highest BCUT2D eigenvalue weighted by Gasteiger charge is 2.31. The second-order valence-corrected chi connectivity index (χ2v) is 7.71. The summed E-state index contributed by atoms with van der Waals surface area (Å²) >= 11 is 1.26. The van der Waals surface area contributed by atoms with Crippen LogP contribution in [0.2, 0.25) is 0 Å². The Morgan fingerprint density at radius 2 is 1.75 bits per heavy atom. The molecule has 0 fully saturated rings. The van der Waals surface area contributed by atoms with Gasteiger partial charge in [0.05, 0.1) is 11.4 Å². The van der Waals surface area contributed by atoms with Crippen LogP contribution in [0.5, 0.6) is 5.75 Å². The van der Waals surface area contributed by atoms with E-state index in [1.165, 1.54) is 45.4 Å². The first-order chi connectivity index (χ1) is 15.2. The Kier molecular flexibility index (Phi) is 5.78. The molecule has 8 nitrogen and oxygen atoms in total. The summed E-state index contributed by atoms with van der Waals surface area (Å²) in [5.74, 6) is 0.0864. The molecule has 0 aliphatic rings. The number of ether oxygens (including phenoxy) is 1. The molecule has 0 spiro atoms. The van der Waals surface area contributed by atoms with Crippen LogP contribution in [0.4, 0.5) is 13.2 Å². The van der Waals surface area contributed by atoms with Crippen molar-refractivity contribution in [3.05, 3.63) is 76.2 Å². The Morgan fingerprint density at radius 3 is 2.41 bits per heavy atom. The van der Waals surface area contributed by atoms with Gasteiger partial charge in [0.1, 0.15) is 5.75 Å². The number of thioether (sulfide) groups is 1. The van der Waals surface area contributed by atoms with Gasteiger partial charge in [-0.25, -0.2) is 4.68 Å². The van der Waals surface area contributed by atoms with Gasteiger partial charge in [-0.05, 0) is 47.2 Å². The number of benzene rings is 2. The van der Waals surface area contributed by atoms with E-state index < -0.39 is 6.36 Å². The second-order valence-electron chi connectivity index (χ2n) is 6.76. The van der Waals surface area contributed by atoms with Crippen molar-refractivity contribution in [2.45, 2.75) is 24.2 Å². The fraction of sp³-hybridized carbons (Fsp3) is 0.200. The van der Waals surface area contributed by atoms with E-state index in [0.29, 0.717) is 28.0 Å². The van der Waals surface area contributed by atoms with Gasteiger partial charge in [0, 0.05) is 12.8 Å². The Labute approximate surface area is 184 Å². The third-order valence-corrected chi connectivity index (χ3v) is 5.69. The molecule has 0 bridgehead atoms. The van der Waals surface area contributed by atoms with E-state index in [9.17, 15) is 18.0 Å². The third-order valence-electron chi connectivity index (χ3n) is 4.70. The molecule has 12 heteroatoms. The van der Waals surface area contributed by atoms with E-state index >= 15 is 0 Å². The lowest BCUT2D eigenvalue weighted by molar-refractivity contribution is -0.274. The van der Waals surface area contributed by atoms with Gasteiger partial charge < -0.3 is 4.74 Å². The maximum absolute atomic E-state index is 13.2. The van der Waals surface area contributed by atoms with Gasteiger partial charge in [0.15, 0.2) is 5.69 Å². The van der Waals surface area contributed by atoms with Crippen molar-refractivity contribution in [1.82, 2.24) is 29.6 Å². The van der Waals surface area contributed by atoms with Gasteiger partial charge >= 0.3 is 6.36 Å².